The highest BCUT2D eigenvalue weighted by Gasteiger charge is 2.46. The van der Waals surface area contributed by atoms with Gasteiger partial charge < -0.3 is 14.2 Å². The van der Waals surface area contributed by atoms with Crippen molar-refractivity contribution in [2.45, 2.75) is 44.9 Å². The van der Waals surface area contributed by atoms with Gasteiger partial charge in [-0.25, -0.2) is 9.78 Å². The van der Waals surface area contributed by atoms with Crippen molar-refractivity contribution in [1.29, 1.82) is 0 Å². The van der Waals surface area contributed by atoms with Crippen LogP contribution in [-0.2, 0) is 18.3 Å². The number of piperazine rings is 1. The highest BCUT2D eigenvalue weighted by Crippen LogP contribution is 2.33. The molecule has 0 N–H and O–H groups in total. The van der Waals surface area contributed by atoms with Crippen LogP contribution in [0.1, 0.15) is 32.5 Å². The Kier molecular flexibility index (Phi) is 6.13. The predicted molar refractivity (Wildman–Crippen MR) is 112 cm³/mol. The normalized spacial score (nSPS) is 24.0. The van der Waals surface area contributed by atoms with E-state index >= 15 is 0 Å². The van der Waals surface area contributed by atoms with Crippen molar-refractivity contribution in [3.63, 3.8) is 0 Å². The summed E-state index contributed by atoms with van der Waals surface area (Å²) in [6.07, 6.45) is 5.53. The Morgan fingerprint density at radius 3 is 2.41 bits per heavy atom. The van der Waals surface area contributed by atoms with Gasteiger partial charge in [-0.15, -0.1) is 0 Å². The van der Waals surface area contributed by atoms with Gasteiger partial charge in [-0.05, 0) is 13.8 Å². The van der Waals surface area contributed by atoms with Crippen molar-refractivity contribution >= 4 is 6.09 Å². The highest BCUT2D eigenvalue weighted by molar-refractivity contribution is 5.70. The maximum atomic E-state index is 12.5. The first-order valence-corrected chi connectivity index (χ1v) is 11.1. The molecular formula is C21H36N6O2. The van der Waals surface area contributed by atoms with E-state index in [1.165, 1.54) is 0 Å². The molecular weight excluding hydrogens is 368 g/mol. The molecule has 0 radical (unpaired) electrons. The third kappa shape index (κ3) is 4.75. The molecule has 3 fully saturated rings. The zero-order chi connectivity index (χ0) is 20.4. The van der Waals surface area contributed by atoms with Crippen LogP contribution in [0.15, 0.2) is 12.4 Å². The van der Waals surface area contributed by atoms with Crippen molar-refractivity contribution in [3.8, 4) is 0 Å². The smallest absolute Gasteiger partial charge is 0.410 e. The molecule has 3 aliphatic rings. The van der Waals surface area contributed by atoms with E-state index in [9.17, 15) is 4.79 Å². The molecule has 4 heterocycles. The fraction of sp³-hybridized carbons (Fsp3) is 0.810. The summed E-state index contributed by atoms with van der Waals surface area (Å²) in [4.78, 5) is 26.3. The fourth-order valence-corrected chi connectivity index (χ4v) is 4.76. The SMILES string of the molecule is CC(C)N1CCN(CCN2CC3(CCN(Cc4nccn4C)CC3)OC2=O)CC1. The van der Waals surface area contributed by atoms with Crippen LogP contribution in [0.3, 0.4) is 0 Å². The van der Waals surface area contributed by atoms with Crippen LogP contribution in [-0.4, -0.2) is 106 Å². The highest BCUT2D eigenvalue weighted by atomic mass is 16.6. The lowest BCUT2D eigenvalue weighted by Crippen LogP contribution is -2.50. The van der Waals surface area contributed by atoms with Gasteiger partial charge in [0, 0.05) is 90.7 Å². The summed E-state index contributed by atoms with van der Waals surface area (Å²) >= 11 is 0. The molecule has 162 valence electrons. The van der Waals surface area contributed by atoms with Gasteiger partial charge in [-0.1, -0.05) is 0 Å². The Bertz CT molecular complexity index is 689. The molecule has 0 atom stereocenters. The van der Waals surface area contributed by atoms with Crippen LogP contribution in [0.2, 0.25) is 0 Å². The molecule has 8 nitrogen and oxygen atoms in total. The maximum Gasteiger partial charge on any atom is 0.410 e. The third-order valence-electron chi connectivity index (χ3n) is 6.92. The van der Waals surface area contributed by atoms with E-state index in [1.807, 2.05) is 24.3 Å². The van der Waals surface area contributed by atoms with E-state index in [4.69, 9.17) is 4.74 Å². The zero-order valence-corrected chi connectivity index (χ0v) is 18.2. The number of aromatic nitrogens is 2. The molecule has 0 bridgehead atoms. The molecule has 29 heavy (non-hydrogen) atoms. The number of carbonyl (C=O) groups excluding carboxylic acids is 1. The number of carbonyl (C=O) groups is 1. The van der Waals surface area contributed by atoms with Crippen molar-refractivity contribution in [1.82, 2.24) is 29.2 Å². The van der Waals surface area contributed by atoms with E-state index in [1.54, 1.807) is 0 Å². The van der Waals surface area contributed by atoms with Gasteiger partial charge >= 0.3 is 6.09 Å². The van der Waals surface area contributed by atoms with Gasteiger partial charge in [0.1, 0.15) is 11.4 Å². The number of amides is 1. The van der Waals surface area contributed by atoms with Crippen molar-refractivity contribution in [2.24, 2.45) is 7.05 Å². The molecule has 0 unspecified atom stereocenters. The van der Waals surface area contributed by atoms with Crippen LogP contribution in [0, 0.1) is 0 Å². The molecule has 0 aromatic carbocycles. The lowest BCUT2D eigenvalue weighted by atomic mass is 9.91. The number of rotatable bonds is 6. The summed E-state index contributed by atoms with van der Waals surface area (Å²) in [6.45, 7) is 14.2. The first kappa shape index (κ1) is 20.6. The van der Waals surface area contributed by atoms with Crippen LogP contribution in [0.4, 0.5) is 4.79 Å². The first-order chi connectivity index (χ1) is 13.9. The molecule has 1 aromatic rings. The molecule has 0 aliphatic carbocycles. The Morgan fingerprint density at radius 2 is 1.79 bits per heavy atom. The second-order valence-electron chi connectivity index (χ2n) is 9.17. The molecule has 4 rings (SSSR count). The molecule has 1 spiro atoms. The molecule has 3 aliphatic heterocycles. The van der Waals surface area contributed by atoms with Crippen LogP contribution >= 0.6 is 0 Å². The standard InChI is InChI=1S/C21H36N6O2/c1-18(2)26-13-10-24(11-14-26)12-15-27-17-21(29-20(27)28)4-7-25(8-5-21)16-19-22-6-9-23(19)3/h6,9,18H,4-5,7-8,10-17H2,1-3H3. The second kappa shape index (κ2) is 8.62. The van der Waals surface area contributed by atoms with E-state index in [0.717, 1.165) is 84.1 Å². The van der Waals surface area contributed by atoms with Crippen molar-refractivity contribution < 1.29 is 9.53 Å². The Balaban J connectivity index is 1.22. The van der Waals surface area contributed by atoms with Gasteiger partial charge in [-0.2, -0.15) is 0 Å². The maximum absolute atomic E-state index is 12.5. The van der Waals surface area contributed by atoms with Gasteiger partial charge in [0.25, 0.3) is 0 Å². The minimum absolute atomic E-state index is 0.122. The molecule has 3 saturated heterocycles. The second-order valence-corrected chi connectivity index (χ2v) is 9.17. The summed E-state index contributed by atoms with van der Waals surface area (Å²) in [5.41, 5.74) is -0.286. The first-order valence-electron chi connectivity index (χ1n) is 11.1. The third-order valence-corrected chi connectivity index (χ3v) is 6.92. The number of aryl methyl sites for hydroxylation is 1. The summed E-state index contributed by atoms with van der Waals surface area (Å²) in [7, 11) is 2.03. The fourth-order valence-electron chi connectivity index (χ4n) is 4.76. The average molecular weight is 405 g/mol. The van der Waals surface area contributed by atoms with E-state index in [2.05, 4.69) is 38.1 Å². The Morgan fingerprint density at radius 1 is 1.07 bits per heavy atom. The lowest BCUT2D eigenvalue weighted by Gasteiger charge is -2.38. The van der Waals surface area contributed by atoms with Crippen LogP contribution in [0.25, 0.3) is 0 Å². The molecule has 1 amide bonds. The Hall–Kier alpha value is -1.64. The van der Waals surface area contributed by atoms with Gasteiger partial charge in [-0.3, -0.25) is 14.7 Å². The molecule has 1 aromatic heterocycles. The largest absolute Gasteiger partial charge is 0.441 e. The predicted octanol–water partition coefficient (Wildman–Crippen LogP) is 1.23. The lowest BCUT2D eigenvalue weighted by molar-refractivity contribution is -0.00197. The minimum Gasteiger partial charge on any atom is -0.441 e. The number of likely N-dealkylation sites (tertiary alicyclic amines) is 1. The number of imidazole rings is 1. The number of ether oxygens (including phenoxy) is 1. The summed E-state index contributed by atoms with van der Waals surface area (Å²) in [6, 6.07) is 0.619. The monoisotopic (exact) mass is 404 g/mol. The van der Waals surface area contributed by atoms with Crippen molar-refractivity contribution in [3.05, 3.63) is 18.2 Å². The van der Waals surface area contributed by atoms with Gasteiger partial charge in [0.2, 0.25) is 0 Å². The number of hydrogen-bond acceptors (Lipinski definition) is 6. The van der Waals surface area contributed by atoms with E-state index in [0.29, 0.717) is 6.04 Å². The summed E-state index contributed by atoms with van der Waals surface area (Å²) in [5, 5.41) is 0. The van der Waals surface area contributed by atoms with Gasteiger partial charge in [0.15, 0.2) is 0 Å². The number of nitrogens with zero attached hydrogens (tertiary/aromatic N) is 6. The van der Waals surface area contributed by atoms with E-state index < -0.39 is 0 Å². The topological polar surface area (TPSA) is 57.1 Å². The number of piperidine rings is 1. The van der Waals surface area contributed by atoms with Gasteiger partial charge in [0.05, 0.1) is 13.1 Å². The van der Waals surface area contributed by atoms with E-state index in [-0.39, 0.29) is 11.7 Å². The average Bonchev–Trinajstić information content (AvgIpc) is 3.25. The van der Waals surface area contributed by atoms with Crippen LogP contribution in [0.5, 0.6) is 0 Å². The molecule has 0 saturated carbocycles. The molecule has 8 heteroatoms. The summed E-state index contributed by atoms with van der Waals surface area (Å²) in [5.74, 6) is 1.09. The van der Waals surface area contributed by atoms with Crippen molar-refractivity contribution in [2.75, 3.05) is 58.9 Å². The number of hydrogen-bond donors (Lipinski definition) is 0. The van der Waals surface area contributed by atoms with Crippen LogP contribution < -0.4 is 0 Å². The quantitative estimate of drug-likeness (QED) is 0.711. The minimum atomic E-state index is -0.286. The summed E-state index contributed by atoms with van der Waals surface area (Å²) < 4.78 is 7.98. The Labute approximate surface area is 174 Å². The zero-order valence-electron chi connectivity index (χ0n) is 18.2.